The minimum absolute atomic E-state index is 0.383. The van der Waals surface area contributed by atoms with E-state index in [0.29, 0.717) is 23.6 Å². The van der Waals surface area contributed by atoms with Crippen molar-refractivity contribution in [2.45, 2.75) is 12.5 Å². The van der Waals surface area contributed by atoms with E-state index in [1.165, 1.54) is 16.7 Å². The summed E-state index contributed by atoms with van der Waals surface area (Å²) < 4.78 is 5.10. The molecular formula is C14H20N2O4S. The molecule has 1 atom stereocenters. The minimum atomic E-state index is -1.03. The highest BCUT2D eigenvalue weighted by molar-refractivity contribution is 7.98. The number of carboxylic acids is 1. The number of benzene rings is 1. The normalized spacial score (nSPS) is 11.6. The van der Waals surface area contributed by atoms with Crippen LogP contribution in [0.2, 0.25) is 0 Å². The van der Waals surface area contributed by atoms with Crippen LogP contribution in [0.15, 0.2) is 24.3 Å². The van der Waals surface area contributed by atoms with Crippen molar-refractivity contribution in [3.8, 4) is 5.75 Å². The maximum Gasteiger partial charge on any atom is 0.326 e. The highest BCUT2D eigenvalue weighted by atomic mass is 32.2. The van der Waals surface area contributed by atoms with Gasteiger partial charge in [-0.25, -0.2) is 9.59 Å². The fourth-order valence-electron chi connectivity index (χ4n) is 1.68. The average Bonchev–Trinajstić information content (AvgIpc) is 2.50. The van der Waals surface area contributed by atoms with Crippen LogP contribution >= 0.6 is 11.8 Å². The molecule has 1 aromatic carbocycles. The van der Waals surface area contributed by atoms with Crippen molar-refractivity contribution in [3.63, 3.8) is 0 Å². The first-order valence-electron chi connectivity index (χ1n) is 6.39. The Morgan fingerprint density at radius 2 is 2.19 bits per heavy atom. The average molecular weight is 312 g/mol. The second-order valence-corrected chi connectivity index (χ2v) is 5.37. The van der Waals surface area contributed by atoms with Crippen molar-refractivity contribution in [3.05, 3.63) is 24.3 Å². The Morgan fingerprint density at radius 1 is 1.48 bits per heavy atom. The number of anilines is 1. The first-order valence-corrected chi connectivity index (χ1v) is 7.79. The molecule has 0 aromatic heterocycles. The number of aliphatic carboxylic acids is 1. The summed E-state index contributed by atoms with van der Waals surface area (Å²) in [5.74, 6) is 0.265. The van der Waals surface area contributed by atoms with E-state index in [4.69, 9.17) is 9.84 Å². The van der Waals surface area contributed by atoms with Gasteiger partial charge in [-0.2, -0.15) is 11.8 Å². The molecule has 0 unspecified atom stereocenters. The number of rotatable bonds is 7. The Hall–Kier alpha value is -1.89. The third-order valence-corrected chi connectivity index (χ3v) is 3.60. The third kappa shape index (κ3) is 5.18. The van der Waals surface area contributed by atoms with E-state index in [2.05, 4.69) is 5.32 Å². The Morgan fingerprint density at radius 3 is 2.76 bits per heavy atom. The van der Waals surface area contributed by atoms with Crippen LogP contribution in [0.3, 0.4) is 0 Å². The Balaban J connectivity index is 2.74. The van der Waals surface area contributed by atoms with Gasteiger partial charge < -0.3 is 15.2 Å². The number of carboxylic acid groups (broad SMARTS) is 1. The summed E-state index contributed by atoms with van der Waals surface area (Å²) in [5, 5.41) is 11.6. The number of carbonyl (C=O) groups excluding carboxylic acids is 1. The van der Waals surface area contributed by atoms with Gasteiger partial charge in [-0.05, 0) is 30.6 Å². The minimum Gasteiger partial charge on any atom is -0.497 e. The molecule has 116 valence electrons. The van der Waals surface area contributed by atoms with Gasteiger partial charge in [0.25, 0.3) is 0 Å². The van der Waals surface area contributed by atoms with E-state index >= 15 is 0 Å². The molecule has 0 radical (unpaired) electrons. The first kappa shape index (κ1) is 17.2. The first-order chi connectivity index (χ1) is 9.99. The maximum atomic E-state index is 12.1. The number of hydrogen-bond acceptors (Lipinski definition) is 4. The number of amides is 2. The van der Waals surface area contributed by atoms with Gasteiger partial charge in [-0.3, -0.25) is 4.90 Å². The largest absolute Gasteiger partial charge is 0.497 e. The molecule has 21 heavy (non-hydrogen) atoms. The Kier molecular flexibility index (Phi) is 6.87. The molecule has 2 amide bonds. The number of nitrogens with zero attached hydrogens (tertiary/aromatic N) is 1. The zero-order valence-corrected chi connectivity index (χ0v) is 13.1. The molecule has 0 fully saturated rings. The summed E-state index contributed by atoms with van der Waals surface area (Å²) in [6, 6.07) is 5.64. The molecule has 0 aliphatic rings. The molecule has 0 spiro atoms. The van der Waals surface area contributed by atoms with Gasteiger partial charge >= 0.3 is 12.0 Å². The summed E-state index contributed by atoms with van der Waals surface area (Å²) in [6.45, 7) is 0. The number of methoxy groups -OCH3 is 1. The van der Waals surface area contributed by atoms with Crippen molar-refractivity contribution in [1.82, 2.24) is 5.32 Å². The van der Waals surface area contributed by atoms with Gasteiger partial charge in [0.05, 0.1) is 7.11 Å². The van der Waals surface area contributed by atoms with Gasteiger partial charge in [-0.1, -0.05) is 6.07 Å². The summed E-state index contributed by atoms with van der Waals surface area (Å²) >= 11 is 1.54. The van der Waals surface area contributed by atoms with Crippen molar-refractivity contribution in [2.24, 2.45) is 0 Å². The lowest BCUT2D eigenvalue weighted by atomic mass is 10.2. The molecule has 0 bridgehead atoms. The number of nitrogens with one attached hydrogen (secondary N) is 1. The summed E-state index contributed by atoms with van der Waals surface area (Å²) in [5.41, 5.74) is 0.626. The third-order valence-electron chi connectivity index (χ3n) is 2.95. The lowest BCUT2D eigenvalue weighted by Gasteiger charge is -2.21. The molecule has 0 saturated heterocycles. The highest BCUT2D eigenvalue weighted by Crippen LogP contribution is 2.20. The zero-order valence-electron chi connectivity index (χ0n) is 12.3. The van der Waals surface area contributed by atoms with Crippen LogP contribution < -0.4 is 15.0 Å². The lowest BCUT2D eigenvalue weighted by Crippen LogP contribution is -2.47. The van der Waals surface area contributed by atoms with Crippen LogP contribution in [-0.2, 0) is 4.79 Å². The summed E-state index contributed by atoms with van der Waals surface area (Å²) in [7, 11) is 3.12. The smallest absolute Gasteiger partial charge is 0.326 e. The van der Waals surface area contributed by atoms with Crippen LogP contribution in [0.4, 0.5) is 10.5 Å². The van der Waals surface area contributed by atoms with Crippen LogP contribution in [-0.4, -0.2) is 49.3 Å². The number of thioether (sulfide) groups is 1. The van der Waals surface area contributed by atoms with Crippen molar-refractivity contribution in [1.29, 1.82) is 0 Å². The maximum absolute atomic E-state index is 12.1. The molecule has 1 aromatic rings. The predicted molar refractivity (Wildman–Crippen MR) is 84.4 cm³/mol. The highest BCUT2D eigenvalue weighted by Gasteiger charge is 2.21. The molecule has 6 nitrogen and oxygen atoms in total. The molecule has 0 saturated carbocycles. The van der Waals surface area contributed by atoms with E-state index in [1.807, 2.05) is 6.26 Å². The quantitative estimate of drug-likeness (QED) is 0.805. The number of carbonyl (C=O) groups is 2. The SMILES string of the molecule is COc1cccc(N(C)C(=O)N[C@@H](CCSC)C(=O)O)c1. The summed E-state index contributed by atoms with van der Waals surface area (Å²) in [4.78, 5) is 24.6. The number of hydrogen-bond donors (Lipinski definition) is 2. The van der Waals surface area contributed by atoms with Crippen LogP contribution in [0.5, 0.6) is 5.75 Å². The second-order valence-electron chi connectivity index (χ2n) is 4.38. The molecule has 0 aliphatic heterocycles. The van der Waals surface area contributed by atoms with E-state index in [1.54, 1.807) is 38.4 Å². The van der Waals surface area contributed by atoms with Gasteiger partial charge in [0.15, 0.2) is 0 Å². The lowest BCUT2D eigenvalue weighted by molar-refractivity contribution is -0.139. The molecule has 0 aliphatic carbocycles. The number of ether oxygens (including phenoxy) is 1. The van der Waals surface area contributed by atoms with Gasteiger partial charge in [-0.15, -0.1) is 0 Å². The fourth-order valence-corrected chi connectivity index (χ4v) is 2.15. The fraction of sp³-hybridized carbons (Fsp3) is 0.429. The van der Waals surface area contributed by atoms with Crippen LogP contribution in [0.1, 0.15) is 6.42 Å². The van der Waals surface area contributed by atoms with Gasteiger partial charge in [0, 0.05) is 18.8 Å². The van der Waals surface area contributed by atoms with Crippen molar-refractivity contribution >= 4 is 29.4 Å². The molecule has 7 heteroatoms. The van der Waals surface area contributed by atoms with Crippen LogP contribution in [0, 0.1) is 0 Å². The van der Waals surface area contributed by atoms with E-state index in [0.717, 1.165) is 0 Å². The van der Waals surface area contributed by atoms with E-state index in [-0.39, 0.29) is 0 Å². The molecule has 2 N–H and O–H groups in total. The Labute approximate surface area is 128 Å². The zero-order chi connectivity index (χ0) is 15.8. The monoisotopic (exact) mass is 312 g/mol. The molecular weight excluding hydrogens is 292 g/mol. The summed E-state index contributed by atoms with van der Waals surface area (Å²) in [6.07, 6.45) is 2.28. The molecule has 0 heterocycles. The topological polar surface area (TPSA) is 78.9 Å². The van der Waals surface area contributed by atoms with E-state index < -0.39 is 18.0 Å². The second kappa shape index (κ2) is 8.41. The van der Waals surface area contributed by atoms with Crippen molar-refractivity contribution < 1.29 is 19.4 Å². The van der Waals surface area contributed by atoms with Gasteiger partial charge in [0.2, 0.25) is 0 Å². The standard InChI is InChI=1S/C14H20N2O4S/c1-16(10-5-4-6-11(9-10)20-2)14(19)15-12(13(17)18)7-8-21-3/h4-6,9,12H,7-8H2,1-3H3,(H,15,19)(H,17,18)/t12-/m0/s1. The predicted octanol–water partition coefficient (Wildman–Crippen LogP) is 2.05. The van der Waals surface area contributed by atoms with Crippen molar-refractivity contribution in [2.75, 3.05) is 31.1 Å². The number of urea groups is 1. The van der Waals surface area contributed by atoms with Gasteiger partial charge in [0.1, 0.15) is 11.8 Å². The van der Waals surface area contributed by atoms with Crippen LogP contribution in [0.25, 0.3) is 0 Å². The molecule has 1 rings (SSSR count). The van der Waals surface area contributed by atoms with E-state index in [9.17, 15) is 9.59 Å². The Bertz CT molecular complexity index is 496.